The number of aliphatic carboxylic acids is 1. The van der Waals surface area contributed by atoms with E-state index in [1.807, 2.05) is 53.8 Å². The Bertz CT molecular complexity index is 1010. The van der Waals surface area contributed by atoms with Gasteiger partial charge in [-0.1, -0.05) is 48.5 Å². The Hall–Kier alpha value is -3.56. The van der Waals surface area contributed by atoms with Crippen LogP contribution < -0.4 is 5.32 Å². The Balaban J connectivity index is 1.58. The first-order valence-electron chi connectivity index (χ1n) is 10.7. The maximum absolute atomic E-state index is 13.5. The van der Waals surface area contributed by atoms with Gasteiger partial charge in [0.1, 0.15) is 6.61 Å². The fraction of sp³-hybridized carbons (Fsp3) is 0.375. The molecule has 34 heavy (non-hydrogen) atoms. The van der Waals surface area contributed by atoms with Crippen molar-refractivity contribution in [3.05, 3.63) is 59.7 Å². The highest BCUT2D eigenvalue weighted by Crippen LogP contribution is 2.44. The Labute approximate surface area is 194 Å². The van der Waals surface area contributed by atoms with Crippen LogP contribution in [0.5, 0.6) is 0 Å². The van der Waals surface area contributed by atoms with Crippen LogP contribution in [0.3, 0.4) is 0 Å². The molecule has 1 aliphatic rings. The number of rotatable bonds is 9. The molecular formula is C24H25F3N2O5. The fourth-order valence-electron chi connectivity index (χ4n) is 4.02. The lowest BCUT2D eigenvalue weighted by Crippen LogP contribution is -2.47. The topological polar surface area (TPSA) is 95.9 Å². The quantitative estimate of drug-likeness (QED) is 0.568. The number of carbonyl (C=O) groups is 3. The number of carboxylic acid groups (broad SMARTS) is 1. The fourth-order valence-corrected chi connectivity index (χ4v) is 4.02. The number of fused-ring (bicyclic) bond motifs is 3. The highest BCUT2D eigenvalue weighted by Gasteiger charge is 2.46. The van der Waals surface area contributed by atoms with Crippen LogP contribution >= 0.6 is 0 Å². The second-order valence-electron chi connectivity index (χ2n) is 8.06. The minimum Gasteiger partial charge on any atom is -0.481 e. The average molecular weight is 478 g/mol. The minimum absolute atomic E-state index is 0.0158. The highest BCUT2D eigenvalue weighted by atomic mass is 19.4. The molecule has 0 aliphatic heterocycles. The zero-order valence-electron chi connectivity index (χ0n) is 18.5. The van der Waals surface area contributed by atoms with E-state index in [4.69, 9.17) is 9.84 Å². The molecule has 0 spiro atoms. The Morgan fingerprint density at radius 3 is 2.15 bits per heavy atom. The van der Waals surface area contributed by atoms with Gasteiger partial charge in [0.15, 0.2) is 5.92 Å². The van der Waals surface area contributed by atoms with Gasteiger partial charge in [0, 0.05) is 32.5 Å². The molecule has 0 fully saturated rings. The number of hydrogen-bond donors (Lipinski definition) is 2. The van der Waals surface area contributed by atoms with Crippen molar-refractivity contribution in [2.75, 3.05) is 26.7 Å². The summed E-state index contributed by atoms with van der Waals surface area (Å²) in [7, 11) is 1.16. The molecule has 1 unspecified atom stereocenters. The van der Waals surface area contributed by atoms with Crippen molar-refractivity contribution >= 4 is 18.0 Å². The van der Waals surface area contributed by atoms with Gasteiger partial charge in [-0.05, 0) is 28.7 Å². The largest absolute Gasteiger partial charge is 0.481 e. The highest BCUT2D eigenvalue weighted by molar-refractivity contribution is 5.81. The van der Waals surface area contributed by atoms with E-state index in [2.05, 4.69) is 0 Å². The monoisotopic (exact) mass is 478 g/mol. The molecule has 182 valence electrons. The summed E-state index contributed by atoms with van der Waals surface area (Å²) in [6, 6.07) is 15.3. The average Bonchev–Trinajstić information content (AvgIpc) is 3.10. The first kappa shape index (κ1) is 25.1. The molecule has 0 saturated carbocycles. The standard InChI is InChI=1S/C24H25F3N2O5/c1-29(12-6-11-21(30)31)22(32)20(24(25,26)27)13-28-23(33)34-14-19-17-9-4-2-7-15(17)16-8-3-5-10-18(16)19/h2-5,7-10,19-20H,6,11-14H2,1H3,(H,28,33)(H,30,31). The summed E-state index contributed by atoms with van der Waals surface area (Å²) >= 11 is 0. The number of hydrogen-bond acceptors (Lipinski definition) is 4. The summed E-state index contributed by atoms with van der Waals surface area (Å²) in [6.45, 7) is -1.20. The summed E-state index contributed by atoms with van der Waals surface area (Å²) in [6.07, 6.45) is -6.21. The van der Waals surface area contributed by atoms with Crippen molar-refractivity contribution in [2.45, 2.75) is 24.9 Å². The van der Waals surface area contributed by atoms with Crippen LogP contribution in [0.25, 0.3) is 11.1 Å². The van der Waals surface area contributed by atoms with Crippen LogP contribution in [0.15, 0.2) is 48.5 Å². The summed E-state index contributed by atoms with van der Waals surface area (Å²) in [5, 5.41) is 10.7. The number of carboxylic acids is 1. The molecule has 0 bridgehead atoms. The third-order valence-electron chi connectivity index (χ3n) is 5.75. The summed E-state index contributed by atoms with van der Waals surface area (Å²) < 4.78 is 45.6. The lowest BCUT2D eigenvalue weighted by Gasteiger charge is -2.25. The third-order valence-corrected chi connectivity index (χ3v) is 5.75. The van der Waals surface area contributed by atoms with Gasteiger partial charge in [0.2, 0.25) is 5.91 Å². The molecule has 2 amide bonds. The molecule has 2 aromatic carbocycles. The number of nitrogens with zero attached hydrogens (tertiary/aromatic N) is 1. The normalized spacial score (nSPS) is 13.5. The number of nitrogens with one attached hydrogen (secondary N) is 1. The summed E-state index contributed by atoms with van der Waals surface area (Å²) in [4.78, 5) is 35.9. The molecule has 0 heterocycles. The van der Waals surface area contributed by atoms with Gasteiger partial charge >= 0.3 is 18.2 Å². The van der Waals surface area contributed by atoms with Gasteiger partial charge in [-0.25, -0.2) is 4.79 Å². The van der Waals surface area contributed by atoms with Crippen LogP contribution in [0.1, 0.15) is 29.9 Å². The Kier molecular flexibility index (Phi) is 7.80. The van der Waals surface area contributed by atoms with Crippen LogP contribution in [-0.4, -0.2) is 60.9 Å². The number of amides is 2. The zero-order valence-corrected chi connectivity index (χ0v) is 18.5. The molecule has 10 heteroatoms. The number of benzene rings is 2. The van der Waals surface area contributed by atoms with Gasteiger partial charge in [0.25, 0.3) is 0 Å². The SMILES string of the molecule is CN(CCCC(=O)O)C(=O)C(CNC(=O)OCC1c2ccccc2-c2ccccc21)C(F)(F)F. The van der Waals surface area contributed by atoms with Crippen molar-refractivity contribution in [1.82, 2.24) is 10.2 Å². The van der Waals surface area contributed by atoms with E-state index in [-0.39, 0.29) is 31.9 Å². The van der Waals surface area contributed by atoms with E-state index in [0.29, 0.717) is 0 Å². The van der Waals surface area contributed by atoms with Crippen molar-refractivity contribution in [3.63, 3.8) is 0 Å². The van der Waals surface area contributed by atoms with Gasteiger partial charge in [-0.15, -0.1) is 0 Å². The minimum atomic E-state index is -4.89. The first-order chi connectivity index (χ1) is 16.1. The molecular weight excluding hydrogens is 453 g/mol. The van der Waals surface area contributed by atoms with Crippen molar-refractivity contribution in [3.8, 4) is 11.1 Å². The van der Waals surface area contributed by atoms with Crippen LogP contribution in [0.2, 0.25) is 0 Å². The second kappa shape index (κ2) is 10.6. The maximum Gasteiger partial charge on any atom is 0.407 e. The second-order valence-corrected chi connectivity index (χ2v) is 8.06. The van der Waals surface area contributed by atoms with Crippen LogP contribution in [-0.2, 0) is 14.3 Å². The Morgan fingerprint density at radius 1 is 1.06 bits per heavy atom. The summed E-state index contributed by atoms with van der Waals surface area (Å²) in [5.74, 6) is -5.08. The number of carbonyl (C=O) groups excluding carboxylic acids is 2. The van der Waals surface area contributed by atoms with E-state index >= 15 is 0 Å². The number of halogens is 3. The maximum atomic E-state index is 13.5. The number of ether oxygens (including phenoxy) is 1. The lowest BCUT2D eigenvalue weighted by molar-refractivity contribution is -0.187. The third kappa shape index (κ3) is 5.86. The molecule has 1 atom stereocenters. The van der Waals surface area contributed by atoms with Crippen molar-refractivity contribution in [1.29, 1.82) is 0 Å². The van der Waals surface area contributed by atoms with Gasteiger partial charge in [-0.2, -0.15) is 13.2 Å². The first-order valence-corrected chi connectivity index (χ1v) is 10.7. The number of alkyl carbamates (subject to hydrolysis) is 1. The predicted molar refractivity (Wildman–Crippen MR) is 117 cm³/mol. The zero-order chi connectivity index (χ0) is 24.9. The van der Waals surface area contributed by atoms with E-state index in [9.17, 15) is 27.6 Å². The lowest BCUT2D eigenvalue weighted by atomic mass is 9.98. The molecule has 0 saturated heterocycles. The van der Waals surface area contributed by atoms with Crippen molar-refractivity contribution in [2.24, 2.45) is 5.92 Å². The van der Waals surface area contributed by atoms with Gasteiger partial charge in [-0.3, -0.25) is 9.59 Å². The van der Waals surface area contributed by atoms with E-state index in [1.54, 1.807) is 0 Å². The smallest absolute Gasteiger partial charge is 0.407 e. The molecule has 3 rings (SSSR count). The van der Waals surface area contributed by atoms with Crippen LogP contribution in [0, 0.1) is 5.92 Å². The van der Waals surface area contributed by atoms with Crippen molar-refractivity contribution < 1.29 is 37.4 Å². The van der Waals surface area contributed by atoms with E-state index in [0.717, 1.165) is 34.2 Å². The Morgan fingerprint density at radius 2 is 1.62 bits per heavy atom. The molecule has 0 aromatic heterocycles. The molecule has 7 nitrogen and oxygen atoms in total. The molecule has 1 aliphatic carbocycles. The molecule has 0 radical (unpaired) electrons. The number of alkyl halides is 3. The van der Waals surface area contributed by atoms with E-state index in [1.165, 1.54) is 0 Å². The molecule has 2 N–H and O–H groups in total. The predicted octanol–water partition coefficient (Wildman–Crippen LogP) is 4.03. The van der Waals surface area contributed by atoms with Gasteiger partial charge in [0.05, 0.1) is 0 Å². The summed E-state index contributed by atoms with van der Waals surface area (Å²) in [5.41, 5.74) is 3.95. The van der Waals surface area contributed by atoms with Gasteiger partial charge < -0.3 is 20.1 Å². The molecule has 2 aromatic rings. The van der Waals surface area contributed by atoms with Crippen LogP contribution in [0.4, 0.5) is 18.0 Å². The van der Waals surface area contributed by atoms with E-state index < -0.39 is 36.6 Å².